The van der Waals surface area contributed by atoms with Gasteiger partial charge in [-0.2, -0.15) is 0 Å². The zero-order chi connectivity index (χ0) is 14.5. The molecule has 5 nitrogen and oxygen atoms in total. The summed E-state index contributed by atoms with van der Waals surface area (Å²) in [6.45, 7) is 0.284. The third kappa shape index (κ3) is 3.30. The first-order valence-corrected chi connectivity index (χ1v) is 6.61. The van der Waals surface area contributed by atoms with Crippen molar-refractivity contribution in [1.82, 2.24) is 0 Å². The van der Waals surface area contributed by atoms with Gasteiger partial charge in [-0.05, 0) is 18.1 Å². The minimum Gasteiger partial charge on any atom is -0.461 e. The van der Waals surface area contributed by atoms with Crippen LogP contribution in [0.4, 0.5) is 0 Å². The van der Waals surface area contributed by atoms with E-state index in [0.717, 1.165) is 0 Å². The zero-order valence-electron chi connectivity index (χ0n) is 11.1. The predicted octanol–water partition coefficient (Wildman–Crippen LogP) is 1.24. The van der Waals surface area contributed by atoms with Gasteiger partial charge in [0.05, 0.1) is 17.9 Å². The molecule has 1 saturated carbocycles. The van der Waals surface area contributed by atoms with E-state index < -0.39 is 5.97 Å². The van der Waals surface area contributed by atoms with Crippen molar-refractivity contribution in [3.63, 3.8) is 0 Å². The molecule has 106 valence electrons. The fraction of sp³-hybridized carbons (Fsp3) is 0.400. The second-order valence-corrected chi connectivity index (χ2v) is 4.88. The molecule has 0 radical (unpaired) electrons. The average Bonchev–Trinajstić information content (AvgIpc) is 2.46. The van der Waals surface area contributed by atoms with Crippen LogP contribution in [0.25, 0.3) is 0 Å². The van der Waals surface area contributed by atoms with Gasteiger partial charge in [-0.15, -0.1) is 0 Å². The Bertz CT molecular complexity index is 538. The molecule has 2 rings (SSSR count). The van der Waals surface area contributed by atoms with Crippen LogP contribution in [0, 0.1) is 5.92 Å². The number of ether oxygens (including phenoxy) is 1. The maximum atomic E-state index is 12.0. The van der Waals surface area contributed by atoms with Gasteiger partial charge in [0.15, 0.2) is 0 Å². The SMILES string of the molecule is NCc1ccccc1C(=O)OCC1CCC(=O)CC1=O. The number of benzene rings is 1. The van der Waals surface area contributed by atoms with Gasteiger partial charge >= 0.3 is 5.97 Å². The summed E-state index contributed by atoms with van der Waals surface area (Å²) in [6, 6.07) is 6.95. The molecule has 20 heavy (non-hydrogen) atoms. The van der Waals surface area contributed by atoms with Crippen LogP contribution in [0.3, 0.4) is 0 Å². The van der Waals surface area contributed by atoms with Crippen LogP contribution in [0.5, 0.6) is 0 Å². The molecule has 1 unspecified atom stereocenters. The summed E-state index contributed by atoms with van der Waals surface area (Å²) in [4.78, 5) is 34.7. The van der Waals surface area contributed by atoms with Gasteiger partial charge in [0.25, 0.3) is 0 Å². The van der Waals surface area contributed by atoms with E-state index in [1.807, 2.05) is 0 Å². The molecule has 1 aromatic carbocycles. The normalized spacial score (nSPS) is 18.9. The summed E-state index contributed by atoms with van der Waals surface area (Å²) in [5.41, 5.74) is 6.70. The van der Waals surface area contributed by atoms with E-state index in [0.29, 0.717) is 24.0 Å². The molecular weight excluding hydrogens is 258 g/mol. The molecule has 1 atom stereocenters. The van der Waals surface area contributed by atoms with E-state index in [9.17, 15) is 14.4 Å². The third-order valence-electron chi connectivity index (χ3n) is 3.47. The minimum absolute atomic E-state index is 0.0316. The highest BCUT2D eigenvalue weighted by atomic mass is 16.5. The first-order valence-electron chi connectivity index (χ1n) is 6.61. The number of rotatable bonds is 4. The topological polar surface area (TPSA) is 86.5 Å². The van der Waals surface area contributed by atoms with Crippen molar-refractivity contribution in [3.8, 4) is 0 Å². The number of ketones is 2. The number of Topliss-reactive ketones (excluding diaryl/α,β-unsaturated/α-hetero) is 2. The lowest BCUT2D eigenvalue weighted by Gasteiger charge is -2.19. The highest BCUT2D eigenvalue weighted by Crippen LogP contribution is 2.19. The highest BCUT2D eigenvalue weighted by Gasteiger charge is 2.28. The van der Waals surface area contributed by atoms with Gasteiger partial charge in [0, 0.05) is 13.0 Å². The van der Waals surface area contributed by atoms with Crippen molar-refractivity contribution >= 4 is 17.5 Å². The molecule has 1 aliphatic carbocycles. The summed E-state index contributed by atoms with van der Waals surface area (Å²) in [7, 11) is 0. The van der Waals surface area contributed by atoms with Crippen LogP contribution in [0.15, 0.2) is 24.3 Å². The largest absolute Gasteiger partial charge is 0.461 e. The van der Waals surface area contributed by atoms with Crippen molar-refractivity contribution in [3.05, 3.63) is 35.4 Å². The van der Waals surface area contributed by atoms with E-state index in [-0.39, 0.29) is 37.1 Å². The summed E-state index contributed by atoms with van der Waals surface area (Å²) in [5.74, 6) is -1.01. The smallest absolute Gasteiger partial charge is 0.338 e. The molecule has 2 N–H and O–H groups in total. The van der Waals surface area contributed by atoms with Crippen LogP contribution in [0.2, 0.25) is 0 Å². The van der Waals surface area contributed by atoms with E-state index >= 15 is 0 Å². The summed E-state index contributed by atoms with van der Waals surface area (Å²) in [5, 5.41) is 0. The fourth-order valence-corrected chi connectivity index (χ4v) is 2.25. The van der Waals surface area contributed by atoms with Gasteiger partial charge in [0.2, 0.25) is 0 Å². The number of hydrogen-bond acceptors (Lipinski definition) is 5. The Morgan fingerprint density at radius 3 is 2.75 bits per heavy atom. The Kier molecular flexibility index (Phi) is 4.63. The Labute approximate surface area is 117 Å². The Balaban J connectivity index is 1.95. The van der Waals surface area contributed by atoms with E-state index in [4.69, 9.17) is 10.5 Å². The van der Waals surface area contributed by atoms with Crippen molar-refractivity contribution in [1.29, 1.82) is 0 Å². The van der Waals surface area contributed by atoms with Crippen molar-refractivity contribution in [2.45, 2.75) is 25.8 Å². The molecular formula is C15H17NO4. The summed E-state index contributed by atoms with van der Waals surface area (Å²) < 4.78 is 5.19. The molecule has 1 aromatic rings. The molecule has 0 saturated heterocycles. The van der Waals surface area contributed by atoms with Crippen LogP contribution in [-0.4, -0.2) is 24.1 Å². The maximum absolute atomic E-state index is 12.0. The van der Waals surface area contributed by atoms with Crippen LogP contribution in [-0.2, 0) is 20.9 Å². The first-order chi connectivity index (χ1) is 9.61. The summed E-state index contributed by atoms with van der Waals surface area (Å²) in [6.07, 6.45) is 0.804. The number of carbonyl (C=O) groups is 3. The number of carbonyl (C=O) groups excluding carboxylic acids is 3. The minimum atomic E-state index is -0.476. The molecule has 1 fully saturated rings. The first kappa shape index (κ1) is 14.4. The van der Waals surface area contributed by atoms with E-state index in [2.05, 4.69) is 0 Å². The number of nitrogens with two attached hydrogens (primary N) is 1. The van der Waals surface area contributed by atoms with Gasteiger partial charge < -0.3 is 10.5 Å². The van der Waals surface area contributed by atoms with Gasteiger partial charge in [0.1, 0.15) is 18.2 Å². The predicted molar refractivity (Wildman–Crippen MR) is 72.0 cm³/mol. The number of hydrogen-bond donors (Lipinski definition) is 1. The molecule has 0 spiro atoms. The zero-order valence-corrected chi connectivity index (χ0v) is 11.1. The fourth-order valence-electron chi connectivity index (χ4n) is 2.25. The molecule has 0 aromatic heterocycles. The Morgan fingerprint density at radius 2 is 2.05 bits per heavy atom. The van der Waals surface area contributed by atoms with Gasteiger partial charge in [-0.1, -0.05) is 18.2 Å². The molecule has 1 aliphatic rings. The lowest BCUT2D eigenvalue weighted by atomic mass is 9.88. The lowest BCUT2D eigenvalue weighted by Crippen LogP contribution is -2.29. The molecule has 0 bridgehead atoms. The third-order valence-corrected chi connectivity index (χ3v) is 3.47. The van der Waals surface area contributed by atoms with Crippen LogP contribution < -0.4 is 5.73 Å². The quantitative estimate of drug-likeness (QED) is 0.660. The van der Waals surface area contributed by atoms with E-state index in [1.54, 1.807) is 24.3 Å². The molecule has 0 aliphatic heterocycles. The Morgan fingerprint density at radius 1 is 1.30 bits per heavy atom. The molecule has 0 amide bonds. The van der Waals surface area contributed by atoms with Crippen LogP contribution in [0.1, 0.15) is 35.2 Å². The highest BCUT2D eigenvalue weighted by molar-refractivity contribution is 6.02. The Hall–Kier alpha value is -2.01. The molecule has 5 heteroatoms. The van der Waals surface area contributed by atoms with Crippen molar-refractivity contribution in [2.24, 2.45) is 11.7 Å². The number of esters is 1. The van der Waals surface area contributed by atoms with Crippen molar-refractivity contribution < 1.29 is 19.1 Å². The average molecular weight is 275 g/mol. The van der Waals surface area contributed by atoms with Crippen molar-refractivity contribution in [2.75, 3.05) is 6.61 Å². The standard InChI is InChI=1S/C15H17NO4/c16-8-10-3-1-2-4-13(10)15(19)20-9-11-5-6-12(17)7-14(11)18/h1-4,11H,5-9,16H2. The lowest BCUT2D eigenvalue weighted by molar-refractivity contribution is -0.133. The van der Waals surface area contributed by atoms with Gasteiger partial charge in [-0.3, -0.25) is 9.59 Å². The van der Waals surface area contributed by atoms with Crippen LogP contribution >= 0.6 is 0 Å². The van der Waals surface area contributed by atoms with E-state index in [1.165, 1.54) is 0 Å². The molecule has 0 heterocycles. The second kappa shape index (κ2) is 6.43. The van der Waals surface area contributed by atoms with Gasteiger partial charge in [-0.25, -0.2) is 4.79 Å². The summed E-state index contributed by atoms with van der Waals surface area (Å²) >= 11 is 0. The monoisotopic (exact) mass is 275 g/mol. The second-order valence-electron chi connectivity index (χ2n) is 4.88. The maximum Gasteiger partial charge on any atom is 0.338 e.